The van der Waals surface area contributed by atoms with Crippen molar-refractivity contribution in [3.63, 3.8) is 0 Å². The summed E-state index contributed by atoms with van der Waals surface area (Å²) in [5.41, 5.74) is 1.19. The summed E-state index contributed by atoms with van der Waals surface area (Å²) in [7, 11) is 0. The van der Waals surface area contributed by atoms with E-state index in [1.54, 1.807) is 24.3 Å². The zero-order valence-electron chi connectivity index (χ0n) is 10.5. The summed E-state index contributed by atoms with van der Waals surface area (Å²) in [6, 6.07) is 5.13. The second-order valence-electron chi connectivity index (χ2n) is 4.41. The van der Waals surface area contributed by atoms with Crippen LogP contribution in [0.5, 0.6) is 0 Å². The zero-order chi connectivity index (χ0) is 15.6. The largest absolute Gasteiger partial charge is 0.548 e. The molecule has 0 aliphatic heterocycles. The van der Waals surface area contributed by atoms with Crippen molar-refractivity contribution in [2.75, 3.05) is 0 Å². The van der Waals surface area contributed by atoms with E-state index in [9.17, 15) is 27.9 Å². The van der Waals surface area contributed by atoms with Crippen molar-refractivity contribution in [2.45, 2.75) is 18.6 Å². The number of hydrogen-bond acceptors (Lipinski definition) is 3. The molecule has 2 N–H and O–H groups in total. The first-order chi connectivity index (χ1) is 9.79. The Balaban J connectivity index is 2.21. The van der Waals surface area contributed by atoms with Crippen molar-refractivity contribution < 1.29 is 27.9 Å². The molecule has 0 radical (unpaired) electrons. The Kier molecular flexibility index (Phi) is 3.88. The van der Waals surface area contributed by atoms with Crippen molar-refractivity contribution in [1.82, 2.24) is 10.3 Å². The van der Waals surface area contributed by atoms with Gasteiger partial charge in [-0.2, -0.15) is 13.2 Å². The Bertz CT molecular complexity index is 679. The molecule has 8 heteroatoms. The molecule has 0 aliphatic carbocycles. The standard InChI is InChI=1S/C13H11F3N2O3/c14-13(15,16)12(21)18-10(11(19)20)5-7-6-17-9-4-2-1-3-8(7)9/h1-4,6,10,17H,5H2,(H,18,21)(H,19,20)/p-1/t10-/m1/s1. The number of nitrogens with one attached hydrogen (secondary N) is 2. The van der Waals surface area contributed by atoms with Gasteiger partial charge in [0.25, 0.3) is 0 Å². The van der Waals surface area contributed by atoms with Gasteiger partial charge in [-0.1, -0.05) is 18.2 Å². The molecule has 1 aromatic carbocycles. The number of carbonyl (C=O) groups is 2. The molecule has 0 saturated heterocycles. The van der Waals surface area contributed by atoms with Gasteiger partial charge in [-0.3, -0.25) is 4.79 Å². The molecule has 0 fully saturated rings. The van der Waals surface area contributed by atoms with E-state index in [1.165, 1.54) is 11.5 Å². The number of fused-ring (bicyclic) bond motifs is 1. The van der Waals surface area contributed by atoms with Crippen molar-refractivity contribution >= 4 is 22.8 Å². The summed E-state index contributed by atoms with van der Waals surface area (Å²) >= 11 is 0. The minimum Gasteiger partial charge on any atom is -0.548 e. The van der Waals surface area contributed by atoms with E-state index in [0.29, 0.717) is 16.5 Å². The minimum atomic E-state index is -5.14. The molecule has 0 spiro atoms. The van der Waals surface area contributed by atoms with Gasteiger partial charge < -0.3 is 20.2 Å². The van der Waals surface area contributed by atoms with Crippen molar-refractivity contribution in [3.05, 3.63) is 36.0 Å². The van der Waals surface area contributed by atoms with Gasteiger partial charge in [-0.05, 0) is 11.6 Å². The first-order valence-electron chi connectivity index (χ1n) is 5.92. The highest BCUT2D eigenvalue weighted by Crippen LogP contribution is 2.20. The van der Waals surface area contributed by atoms with Gasteiger partial charge >= 0.3 is 12.1 Å². The Morgan fingerprint density at radius 1 is 1.29 bits per heavy atom. The molecule has 0 saturated carbocycles. The van der Waals surface area contributed by atoms with Gasteiger partial charge in [0.15, 0.2) is 0 Å². The smallest absolute Gasteiger partial charge is 0.471 e. The van der Waals surface area contributed by atoms with E-state index in [0.717, 1.165) is 0 Å². The number of amides is 1. The molecule has 112 valence electrons. The lowest BCUT2D eigenvalue weighted by molar-refractivity contribution is -0.308. The molecule has 2 aromatic rings. The maximum absolute atomic E-state index is 12.2. The van der Waals surface area contributed by atoms with Crippen molar-refractivity contribution in [1.29, 1.82) is 0 Å². The predicted molar refractivity (Wildman–Crippen MR) is 65.0 cm³/mol. The molecular formula is C13H10F3N2O3-. The number of benzene rings is 1. The Morgan fingerprint density at radius 2 is 1.95 bits per heavy atom. The van der Waals surface area contributed by atoms with Gasteiger partial charge in [0.2, 0.25) is 0 Å². The van der Waals surface area contributed by atoms with Crippen LogP contribution in [0.3, 0.4) is 0 Å². The SMILES string of the molecule is O=C([O-])[C@@H](Cc1c[nH]c2ccccc12)NC(=O)C(F)(F)F. The zero-order valence-corrected chi connectivity index (χ0v) is 10.5. The molecule has 5 nitrogen and oxygen atoms in total. The normalized spacial score (nSPS) is 13.1. The van der Waals surface area contributed by atoms with Crippen LogP contribution >= 0.6 is 0 Å². The minimum absolute atomic E-state index is 0.311. The average molecular weight is 299 g/mol. The number of H-pyrrole nitrogens is 1. The van der Waals surface area contributed by atoms with Crippen LogP contribution in [0.2, 0.25) is 0 Å². The Morgan fingerprint density at radius 3 is 2.57 bits per heavy atom. The number of carbonyl (C=O) groups excluding carboxylic acids is 2. The van der Waals surface area contributed by atoms with Crippen LogP contribution in [0.1, 0.15) is 5.56 Å². The van der Waals surface area contributed by atoms with E-state index >= 15 is 0 Å². The second kappa shape index (κ2) is 5.47. The highest BCUT2D eigenvalue weighted by molar-refractivity contribution is 5.88. The molecule has 0 unspecified atom stereocenters. The number of para-hydroxylation sites is 1. The van der Waals surface area contributed by atoms with Crippen LogP contribution in [0.15, 0.2) is 30.5 Å². The number of aromatic nitrogens is 1. The fraction of sp³-hybridized carbons (Fsp3) is 0.231. The van der Waals surface area contributed by atoms with Gasteiger partial charge in [-0.15, -0.1) is 0 Å². The summed E-state index contributed by atoms with van der Waals surface area (Å²) in [6.45, 7) is 0. The first-order valence-corrected chi connectivity index (χ1v) is 5.92. The molecule has 1 aromatic heterocycles. The number of halogens is 3. The van der Waals surface area contributed by atoms with Crippen molar-refractivity contribution in [3.8, 4) is 0 Å². The number of alkyl halides is 3. The van der Waals surface area contributed by atoms with Gasteiger partial charge in [-0.25, -0.2) is 0 Å². The van der Waals surface area contributed by atoms with Crippen molar-refractivity contribution in [2.24, 2.45) is 0 Å². The highest BCUT2D eigenvalue weighted by atomic mass is 19.4. The van der Waals surface area contributed by atoms with Crippen LogP contribution in [0, 0.1) is 0 Å². The highest BCUT2D eigenvalue weighted by Gasteiger charge is 2.39. The lowest BCUT2D eigenvalue weighted by Crippen LogP contribution is -2.52. The lowest BCUT2D eigenvalue weighted by Gasteiger charge is -2.20. The Labute approximate surface area is 116 Å². The van der Waals surface area contributed by atoms with E-state index in [1.807, 2.05) is 0 Å². The van der Waals surface area contributed by atoms with E-state index in [4.69, 9.17) is 0 Å². The average Bonchev–Trinajstić information content (AvgIpc) is 2.80. The van der Waals surface area contributed by atoms with Gasteiger partial charge in [0.1, 0.15) is 0 Å². The molecule has 1 heterocycles. The molecular weight excluding hydrogens is 289 g/mol. The van der Waals surface area contributed by atoms with E-state index < -0.39 is 24.1 Å². The number of carboxylic acids is 1. The molecule has 0 aliphatic rings. The third kappa shape index (κ3) is 3.33. The Hall–Kier alpha value is -2.51. The van der Waals surface area contributed by atoms with Gasteiger partial charge in [0.05, 0.1) is 12.0 Å². The number of aliphatic carboxylic acids is 1. The summed E-state index contributed by atoms with van der Waals surface area (Å²) < 4.78 is 36.5. The molecule has 0 bridgehead atoms. The van der Waals surface area contributed by atoms with E-state index in [2.05, 4.69) is 4.98 Å². The molecule has 2 rings (SSSR count). The maximum atomic E-state index is 12.2. The second-order valence-corrected chi connectivity index (χ2v) is 4.41. The lowest BCUT2D eigenvalue weighted by atomic mass is 10.0. The summed E-state index contributed by atoms with van der Waals surface area (Å²) in [6.07, 6.45) is -3.97. The number of aromatic amines is 1. The maximum Gasteiger partial charge on any atom is 0.471 e. The van der Waals surface area contributed by atoms with Crippen LogP contribution in [-0.2, 0) is 16.0 Å². The quantitative estimate of drug-likeness (QED) is 0.862. The number of hydrogen-bond donors (Lipinski definition) is 2. The molecule has 21 heavy (non-hydrogen) atoms. The predicted octanol–water partition coefficient (Wildman–Crippen LogP) is 0.507. The molecule has 1 atom stereocenters. The third-order valence-corrected chi connectivity index (χ3v) is 2.95. The van der Waals surface area contributed by atoms with Crippen LogP contribution in [0.25, 0.3) is 10.9 Å². The third-order valence-electron chi connectivity index (χ3n) is 2.95. The van der Waals surface area contributed by atoms with E-state index in [-0.39, 0.29) is 6.42 Å². The summed E-state index contributed by atoms with van der Waals surface area (Å²) in [5, 5.41) is 13.0. The summed E-state index contributed by atoms with van der Waals surface area (Å²) in [5.74, 6) is -4.09. The monoisotopic (exact) mass is 299 g/mol. The number of rotatable bonds is 4. The first kappa shape index (κ1) is 14.9. The van der Waals surface area contributed by atoms with Crippen LogP contribution < -0.4 is 10.4 Å². The summed E-state index contributed by atoms with van der Waals surface area (Å²) in [4.78, 5) is 24.6. The fourth-order valence-electron chi connectivity index (χ4n) is 1.95. The van der Waals surface area contributed by atoms with Crippen LogP contribution in [0.4, 0.5) is 13.2 Å². The number of carboxylic acid groups (broad SMARTS) is 1. The fourth-order valence-corrected chi connectivity index (χ4v) is 1.95. The van der Waals surface area contributed by atoms with Gasteiger partial charge in [0, 0.05) is 23.5 Å². The topological polar surface area (TPSA) is 85.0 Å². The molecule has 1 amide bonds. The van der Waals surface area contributed by atoms with Crippen LogP contribution in [-0.4, -0.2) is 29.1 Å².